The summed E-state index contributed by atoms with van der Waals surface area (Å²) in [6.45, 7) is 3.24. The van der Waals surface area contributed by atoms with E-state index in [4.69, 9.17) is 14.2 Å². The number of phenolic OH excluding ortho intramolecular Hbond substituents is 1. The van der Waals surface area contributed by atoms with E-state index < -0.39 is 0 Å². The molecule has 29 heavy (non-hydrogen) atoms. The number of phenols is 1. The van der Waals surface area contributed by atoms with Gasteiger partial charge in [-0.25, -0.2) is 0 Å². The van der Waals surface area contributed by atoms with E-state index in [1.54, 1.807) is 12.1 Å². The van der Waals surface area contributed by atoms with Gasteiger partial charge in [-0.1, -0.05) is 34.1 Å². The zero-order chi connectivity index (χ0) is 20.8. The zero-order valence-electron chi connectivity index (χ0n) is 16.5. The predicted octanol–water partition coefficient (Wildman–Crippen LogP) is 3.90. The number of morpholine rings is 1. The first-order valence-electron chi connectivity index (χ1n) is 9.28. The lowest BCUT2D eigenvalue weighted by atomic mass is 10.0. The molecule has 7 heteroatoms. The van der Waals surface area contributed by atoms with Crippen molar-refractivity contribution in [3.05, 3.63) is 57.6 Å². The number of carbonyl (C=O) groups is 1. The third-order valence-corrected chi connectivity index (χ3v) is 5.27. The Bertz CT molecular complexity index is 906. The summed E-state index contributed by atoms with van der Waals surface area (Å²) >= 11 is 3.41. The van der Waals surface area contributed by atoms with Crippen molar-refractivity contribution < 1.29 is 24.1 Å². The van der Waals surface area contributed by atoms with Crippen LogP contribution in [0.1, 0.15) is 21.5 Å². The number of methoxy groups -OCH3 is 2. The predicted molar refractivity (Wildman–Crippen MR) is 115 cm³/mol. The Balaban J connectivity index is 1.95. The smallest absolute Gasteiger partial charge is 0.193 e. The summed E-state index contributed by atoms with van der Waals surface area (Å²) in [5.41, 5.74) is 1.56. The van der Waals surface area contributed by atoms with Gasteiger partial charge in [0.15, 0.2) is 5.78 Å². The van der Waals surface area contributed by atoms with E-state index in [2.05, 4.69) is 20.8 Å². The molecular weight excluding hydrogens is 438 g/mol. The quantitative estimate of drug-likeness (QED) is 0.498. The number of nitrogens with zero attached hydrogens (tertiary/aromatic N) is 1. The van der Waals surface area contributed by atoms with Gasteiger partial charge in [0.1, 0.15) is 22.8 Å². The Morgan fingerprint density at radius 3 is 2.59 bits per heavy atom. The minimum Gasteiger partial charge on any atom is -0.507 e. The average molecular weight is 462 g/mol. The van der Waals surface area contributed by atoms with Crippen molar-refractivity contribution in [2.45, 2.75) is 6.54 Å². The molecular formula is C22H24BrNO5. The van der Waals surface area contributed by atoms with Gasteiger partial charge in [-0.3, -0.25) is 9.69 Å². The summed E-state index contributed by atoms with van der Waals surface area (Å²) in [7, 11) is 3.00. The van der Waals surface area contributed by atoms with Crippen LogP contribution in [0.2, 0.25) is 0 Å². The second-order valence-corrected chi connectivity index (χ2v) is 7.54. The second kappa shape index (κ2) is 9.91. The average Bonchev–Trinajstić information content (AvgIpc) is 2.74. The van der Waals surface area contributed by atoms with Crippen molar-refractivity contribution in [2.24, 2.45) is 0 Å². The Hall–Kier alpha value is -2.35. The highest BCUT2D eigenvalue weighted by Gasteiger charge is 2.25. The van der Waals surface area contributed by atoms with E-state index in [1.165, 1.54) is 20.3 Å². The molecule has 2 aromatic rings. The highest BCUT2D eigenvalue weighted by molar-refractivity contribution is 9.10. The van der Waals surface area contributed by atoms with E-state index in [1.807, 2.05) is 24.3 Å². The van der Waals surface area contributed by atoms with Crippen LogP contribution >= 0.6 is 15.9 Å². The van der Waals surface area contributed by atoms with Gasteiger partial charge < -0.3 is 19.3 Å². The number of ether oxygens (including phenoxy) is 3. The maximum absolute atomic E-state index is 12.9. The SMILES string of the molecule is COc1cc(OC)c(C(=O)/C=C/c2cccc(Br)c2)c(O)c1CN1CCOCC1. The largest absolute Gasteiger partial charge is 0.507 e. The van der Waals surface area contributed by atoms with E-state index in [0.29, 0.717) is 31.1 Å². The second-order valence-electron chi connectivity index (χ2n) is 6.62. The lowest BCUT2D eigenvalue weighted by molar-refractivity contribution is 0.0335. The molecule has 0 spiro atoms. The first kappa shape index (κ1) is 21.4. The van der Waals surface area contributed by atoms with Gasteiger partial charge in [0.05, 0.1) is 33.0 Å². The molecule has 1 aliphatic rings. The van der Waals surface area contributed by atoms with Crippen LogP contribution in [0.15, 0.2) is 40.9 Å². The summed E-state index contributed by atoms with van der Waals surface area (Å²) in [6.07, 6.45) is 3.14. The molecule has 1 heterocycles. The summed E-state index contributed by atoms with van der Waals surface area (Å²) in [5.74, 6) is 0.300. The molecule has 1 N–H and O–H groups in total. The maximum atomic E-state index is 12.9. The fourth-order valence-corrected chi connectivity index (χ4v) is 3.66. The molecule has 0 bridgehead atoms. The Morgan fingerprint density at radius 1 is 1.21 bits per heavy atom. The topological polar surface area (TPSA) is 68.2 Å². The molecule has 0 aliphatic carbocycles. The monoisotopic (exact) mass is 461 g/mol. The highest BCUT2D eigenvalue weighted by atomic mass is 79.9. The van der Waals surface area contributed by atoms with Crippen LogP contribution in [0.4, 0.5) is 0 Å². The van der Waals surface area contributed by atoms with E-state index in [-0.39, 0.29) is 22.8 Å². The minimum atomic E-state index is -0.342. The summed E-state index contributed by atoms with van der Waals surface area (Å²) in [4.78, 5) is 15.1. The Kier molecular flexibility index (Phi) is 7.30. The standard InChI is InChI=1S/C22H24BrNO5/c1-27-19-13-20(28-2)21(18(25)7-6-15-4-3-5-16(23)12-15)22(26)17(19)14-24-8-10-29-11-9-24/h3-7,12-13,26H,8-11,14H2,1-2H3/b7-6+. The third-order valence-electron chi connectivity index (χ3n) is 4.78. The van der Waals surface area contributed by atoms with Crippen molar-refractivity contribution in [1.82, 2.24) is 4.90 Å². The number of ketones is 1. The van der Waals surface area contributed by atoms with Gasteiger partial charge in [-0.15, -0.1) is 0 Å². The minimum absolute atomic E-state index is 0.114. The normalized spacial score (nSPS) is 14.9. The molecule has 3 rings (SSSR count). The molecule has 0 amide bonds. The van der Waals surface area contributed by atoms with Crippen LogP contribution in [0.3, 0.4) is 0 Å². The number of hydrogen-bond donors (Lipinski definition) is 1. The molecule has 0 aromatic heterocycles. The van der Waals surface area contributed by atoms with Crippen molar-refractivity contribution in [3.8, 4) is 17.2 Å². The van der Waals surface area contributed by atoms with Crippen molar-refractivity contribution in [2.75, 3.05) is 40.5 Å². The van der Waals surface area contributed by atoms with Crippen molar-refractivity contribution >= 4 is 27.8 Å². The Labute approximate surface area is 178 Å². The molecule has 6 nitrogen and oxygen atoms in total. The number of benzene rings is 2. The molecule has 0 unspecified atom stereocenters. The van der Waals surface area contributed by atoms with E-state index >= 15 is 0 Å². The fourth-order valence-electron chi connectivity index (χ4n) is 3.25. The van der Waals surface area contributed by atoms with Crippen LogP contribution in [-0.4, -0.2) is 56.3 Å². The van der Waals surface area contributed by atoms with Gasteiger partial charge in [0.25, 0.3) is 0 Å². The first-order chi connectivity index (χ1) is 14.0. The third kappa shape index (κ3) is 5.18. The molecule has 0 saturated carbocycles. The highest BCUT2D eigenvalue weighted by Crippen LogP contribution is 2.40. The fraction of sp³-hybridized carbons (Fsp3) is 0.318. The summed E-state index contributed by atoms with van der Waals surface area (Å²) in [6, 6.07) is 9.24. The van der Waals surface area contributed by atoms with Gasteiger partial charge in [0, 0.05) is 30.2 Å². The lowest BCUT2D eigenvalue weighted by Crippen LogP contribution is -2.35. The number of carbonyl (C=O) groups excluding carboxylic acids is 1. The molecule has 1 saturated heterocycles. The number of allylic oxidation sites excluding steroid dienone is 1. The van der Waals surface area contributed by atoms with Gasteiger partial charge in [0.2, 0.25) is 0 Å². The molecule has 154 valence electrons. The van der Waals surface area contributed by atoms with Crippen molar-refractivity contribution in [3.63, 3.8) is 0 Å². The zero-order valence-corrected chi connectivity index (χ0v) is 18.1. The van der Waals surface area contributed by atoms with Crippen LogP contribution < -0.4 is 9.47 Å². The molecule has 2 aromatic carbocycles. The molecule has 0 radical (unpaired) electrons. The van der Waals surface area contributed by atoms with E-state index in [9.17, 15) is 9.90 Å². The summed E-state index contributed by atoms with van der Waals surface area (Å²) < 4.78 is 17.1. The van der Waals surface area contributed by atoms with E-state index in [0.717, 1.165) is 23.1 Å². The molecule has 1 fully saturated rings. The van der Waals surface area contributed by atoms with Crippen LogP contribution in [0.25, 0.3) is 6.08 Å². The van der Waals surface area contributed by atoms with Crippen LogP contribution in [-0.2, 0) is 11.3 Å². The molecule has 1 aliphatic heterocycles. The van der Waals surface area contributed by atoms with Gasteiger partial charge in [-0.05, 0) is 23.8 Å². The van der Waals surface area contributed by atoms with Crippen LogP contribution in [0, 0.1) is 0 Å². The van der Waals surface area contributed by atoms with Gasteiger partial charge in [-0.2, -0.15) is 0 Å². The number of rotatable bonds is 7. The number of hydrogen-bond acceptors (Lipinski definition) is 6. The Morgan fingerprint density at radius 2 is 1.93 bits per heavy atom. The van der Waals surface area contributed by atoms with Crippen molar-refractivity contribution in [1.29, 1.82) is 0 Å². The number of aromatic hydroxyl groups is 1. The van der Waals surface area contributed by atoms with Gasteiger partial charge >= 0.3 is 0 Å². The lowest BCUT2D eigenvalue weighted by Gasteiger charge is -2.28. The molecule has 0 atom stereocenters. The maximum Gasteiger partial charge on any atom is 0.193 e. The first-order valence-corrected chi connectivity index (χ1v) is 10.1. The number of halogens is 1. The van der Waals surface area contributed by atoms with Crippen LogP contribution in [0.5, 0.6) is 17.2 Å². The summed E-state index contributed by atoms with van der Waals surface area (Å²) in [5, 5.41) is 11.0.